The molecule has 2 aromatic rings. The van der Waals surface area contributed by atoms with E-state index in [9.17, 15) is 17.6 Å². The molecule has 0 radical (unpaired) electrons. The van der Waals surface area contributed by atoms with Gasteiger partial charge in [-0.2, -0.15) is 13.2 Å². The molecule has 0 amide bonds. The Kier molecular flexibility index (Phi) is 9.07. The van der Waals surface area contributed by atoms with Crippen LogP contribution in [-0.4, -0.2) is 54.9 Å². The standard InChI is InChI=1S/C19H22F4N6O.HI/c1-24-18(27-10-13-4-2-8-26-17(13)30-12-19(21,22)23)28-14-6-9-29(11-14)16-15(20)5-3-7-25-16;/h2-5,7-8,14H,6,9-12H2,1H3,(H2,24,27,28);1H. The van der Waals surface area contributed by atoms with E-state index in [2.05, 4.69) is 25.6 Å². The second kappa shape index (κ2) is 11.3. The minimum Gasteiger partial charge on any atom is -0.468 e. The first kappa shape index (κ1) is 24.9. The number of pyridine rings is 2. The number of ether oxygens (including phenoxy) is 1. The lowest BCUT2D eigenvalue weighted by atomic mass is 10.2. The fourth-order valence-electron chi connectivity index (χ4n) is 3.09. The van der Waals surface area contributed by atoms with E-state index in [-0.39, 0.29) is 48.3 Å². The van der Waals surface area contributed by atoms with Crippen molar-refractivity contribution in [1.29, 1.82) is 0 Å². The Morgan fingerprint density at radius 2 is 2.00 bits per heavy atom. The molecule has 1 aliphatic heterocycles. The van der Waals surface area contributed by atoms with Crippen LogP contribution in [0.25, 0.3) is 0 Å². The van der Waals surface area contributed by atoms with E-state index in [1.54, 1.807) is 31.4 Å². The molecule has 2 N–H and O–H groups in total. The highest BCUT2D eigenvalue weighted by Gasteiger charge is 2.29. The highest BCUT2D eigenvalue weighted by atomic mass is 127. The Morgan fingerprint density at radius 3 is 2.71 bits per heavy atom. The Morgan fingerprint density at radius 1 is 1.26 bits per heavy atom. The summed E-state index contributed by atoms with van der Waals surface area (Å²) in [5.74, 6) is 0.319. The van der Waals surface area contributed by atoms with Gasteiger partial charge in [-0.05, 0) is 24.6 Å². The number of aromatic nitrogens is 2. The van der Waals surface area contributed by atoms with Gasteiger partial charge in [0.1, 0.15) is 0 Å². The van der Waals surface area contributed by atoms with Crippen LogP contribution in [0.5, 0.6) is 5.88 Å². The maximum Gasteiger partial charge on any atom is 0.422 e. The van der Waals surface area contributed by atoms with Crippen molar-refractivity contribution in [1.82, 2.24) is 20.6 Å². The summed E-state index contributed by atoms with van der Waals surface area (Å²) in [5, 5.41) is 6.28. The number of rotatable bonds is 6. The Hall–Kier alpha value is -2.38. The van der Waals surface area contributed by atoms with E-state index < -0.39 is 12.8 Å². The zero-order valence-corrected chi connectivity index (χ0v) is 19.0. The number of halogens is 5. The summed E-state index contributed by atoms with van der Waals surface area (Å²) in [6, 6.07) is 6.16. The summed E-state index contributed by atoms with van der Waals surface area (Å²) < 4.78 is 56.0. The largest absolute Gasteiger partial charge is 0.468 e. The molecule has 0 spiro atoms. The summed E-state index contributed by atoms with van der Waals surface area (Å²) >= 11 is 0. The normalized spacial score (nSPS) is 16.6. The lowest BCUT2D eigenvalue weighted by Gasteiger charge is -2.20. The Balaban J connectivity index is 0.00000341. The Bertz CT molecular complexity index is 882. The number of nitrogens with one attached hydrogen (secondary N) is 2. The molecule has 1 atom stereocenters. The Labute approximate surface area is 194 Å². The van der Waals surface area contributed by atoms with Gasteiger partial charge in [0.2, 0.25) is 5.88 Å². The summed E-state index contributed by atoms with van der Waals surface area (Å²) in [5.41, 5.74) is 0.466. The number of nitrogens with zero attached hydrogens (tertiary/aromatic N) is 4. The van der Waals surface area contributed by atoms with E-state index in [0.29, 0.717) is 30.4 Å². The number of anilines is 1. The quantitative estimate of drug-likeness (QED) is 0.248. The zero-order chi connectivity index (χ0) is 21.6. The fourth-order valence-corrected chi connectivity index (χ4v) is 3.09. The first-order valence-electron chi connectivity index (χ1n) is 9.32. The summed E-state index contributed by atoms with van der Waals surface area (Å²) in [4.78, 5) is 14.0. The molecule has 1 fully saturated rings. The molecule has 2 aromatic heterocycles. The molecule has 1 aliphatic rings. The van der Waals surface area contributed by atoms with Gasteiger partial charge in [0.25, 0.3) is 0 Å². The van der Waals surface area contributed by atoms with Gasteiger partial charge in [-0.1, -0.05) is 6.07 Å². The number of hydrogen-bond donors (Lipinski definition) is 2. The molecule has 170 valence electrons. The second-order valence-electron chi connectivity index (χ2n) is 6.68. The maximum absolute atomic E-state index is 13.9. The van der Waals surface area contributed by atoms with Gasteiger partial charge < -0.3 is 20.3 Å². The summed E-state index contributed by atoms with van der Waals surface area (Å²) in [7, 11) is 1.59. The molecule has 0 aromatic carbocycles. The average Bonchev–Trinajstić information content (AvgIpc) is 3.18. The highest BCUT2D eigenvalue weighted by Crippen LogP contribution is 2.21. The van der Waals surface area contributed by atoms with Crippen molar-refractivity contribution >= 4 is 35.8 Å². The number of aliphatic imine (C=N–C) groups is 1. The molecule has 7 nitrogen and oxygen atoms in total. The van der Waals surface area contributed by atoms with Crippen LogP contribution in [0, 0.1) is 5.82 Å². The van der Waals surface area contributed by atoms with Gasteiger partial charge >= 0.3 is 6.18 Å². The number of alkyl halides is 3. The van der Waals surface area contributed by atoms with Crippen molar-refractivity contribution in [2.24, 2.45) is 4.99 Å². The molecule has 1 unspecified atom stereocenters. The maximum atomic E-state index is 13.9. The van der Waals surface area contributed by atoms with Gasteiger partial charge in [0, 0.05) is 50.7 Å². The number of guanidine groups is 1. The van der Waals surface area contributed by atoms with Gasteiger partial charge in [-0.3, -0.25) is 4.99 Å². The van der Waals surface area contributed by atoms with Gasteiger partial charge in [-0.15, -0.1) is 24.0 Å². The zero-order valence-electron chi connectivity index (χ0n) is 16.7. The topological polar surface area (TPSA) is 74.7 Å². The van der Waals surface area contributed by atoms with Crippen LogP contribution >= 0.6 is 24.0 Å². The van der Waals surface area contributed by atoms with E-state index in [1.807, 2.05) is 4.90 Å². The molecule has 0 aliphatic carbocycles. The van der Waals surface area contributed by atoms with Gasteiger partial charge in [0.05, 0.1) is 0 Å². The molecule has 1 saturated heterocycles. The van der Waals surface area contributed by atoms with Crippen LogP contribution in [-0.2, 0) is 6.54 Å². The van der Waals surface area contributed by atoms with Crippen LogP contribution in [0.4, 0.5) is 23.4 Å². The minimum atomic E-state index is -4.44. The lowest BCUT2D eigenvalue weighted by molar-refractivity contribution is -0.154. The van der Waals surface area contributed by atoms with Crippen LogP contribution in [0.2, 0.25) is 0 Å². The molecular weight excluding hydrogens is 531 g/mol. The smallest absolute Gasteiger partial charge is 0.422 e. The van der Waals surface area contributed by atoms with Crippen molar-refractivity contribution in [2.45, 2.75) is 25.2 Å². The van der Waals surface area contributed by atoms with Crippen molar-refractivity contribution in [2.75, 3.05) is 31.6 Å². The van der Waals surface area contributed by atoms with E-state index in [0.717, 1.165) is 6.42 Å². The molecule has 31 heavy (non-hydrogen) atoms. The van der Waals surface area contributed by atoms with Crippen LogP contribution in [0.15, 0.2) is 41.7 Å². The predicted molar refractivity (Wildman–Crippen MR) is 119 cm³/mol. The predicted octanol–water partition coefficient (Wildman–Crippen LogP) is 3.12. The van der Waals surface area contributed by atoms with E-state index in [4.69, 9.17) is 4.74 Å². The average molecular weight is 554 g/mol. The molecule has 12 heteroatoms. The molecule has 3 rings (SSSR count). The molecular formula is C19H23F4IN6O. The first-order chi connectivity index (χ1) is 14.4. The third kappa shape index (κ3) is 7.36. The number of hydrogen-bond acceptors (Lipinski definition) is 5. The fraction of sp³-hybridized carbons (Fsp3) is 0.421. The third-order valence-electron chi connectivity index (χ3n) is 4.46. The van der Waals surface area contributed by atoms with Crippen LogP contribution < -0.4 is 20.3 Å². The molecule has 0 saturated carbocycles. The minimum absolute atomic E-state index is 0. The second-order valence-corrected chi connectivity index (χ2v) is 6.68. The van der Waals surface area contributed by atoms with Crippen molar-refractivity contribution < 1.29 is 22.3 Å². The van der Waals surface area contributed by atoms with Crippen molar-refractivity contribution in [3.05, 3.63) is 48.0 Å². The lowest BCUT2D eigenvalue weighted by Crippen LogP contribution is -2.44. The van der Waals surface area contributed by atoms with Crippen molar-refractivity contribution in [3.63, 3.8) is 0 Å². The van der Waals surface area contributed by atoms with Crippen LogP contribution in [0.3, 0.4) is 0 Å². The van der Waals surface area contributed by atoms with Gasteiger partial charge in [0.15, 0.2) is 24.2 Å². The first-order valence-corrected chi connectivity index (χ1v) is 9.32. The van der Waals surface area contributed by atoms with E-state index >= 15 is 0 Å². The van der Waals surface area contributed by atoms with Gasteiger partial charge in [-0.25, -0.2) is 14.4 Å². The van der Waals surface area contributed by atoms with Crippen LogP contribution in [0.1, 0.15) is 12.0 Å². The third-order valence-corrected chi connectivity index (χ3v) is 4.46. The summed E-state index contributed by atoms with van der Waals surface area (Å²) in [6.07, 6.45) is -0.775. The summed E-state index contributed by atoms with van der Waals surface area (Å²) in [6.45, 7) is -0.0555. The molecule has 3 heterocycles. The van der Waals surface area contributed by atoms with E-state index in [1.165, 1.54) is 12.3 Å². The SMILES string of the molecule is CN=C(NCc1cccnc1OCC(F)(F)F)NC1CCN(c2ncccc2F)C1.I. The van der Waals surface area contributed by atoms with Crippen molar-refractivity contribution in [3.8, 4) is 5.88 Å². The molecule has 0 bridgehead atoms. The highest BCUT2D eigenvalue weighted by molar-refractivity contribution is 14.0. The monoisotopic (exact) mass is 554 g/mol.